The van der Waals surface area contributed by atoms with E-state index in [0.717, 1.165) is 42.0 Å². The Morgan fingerprint density at radius 2 is 1.97 bits per heavy atom. The van der Waals surface area contributed by atoms with E-state index in [1.54, 1.807) is 6.07 Å². The fourth-order valence-corrected chi connectivity index (χ4v) is 6.42. The summed E-state index contributed by atoms with van der Waals surface area (Å²) in [6.45, 7) is 4.80. The molecule has 1 aliphatic rings. The quantitative estimate of drug-likeness (QED) is 0.283. The smallest absolute Gasteiger partial charge is 0.306 e. The van der Waals surface area contributed by atoms with E-state index < -0.39 is 22.3 Å². The molecule has 2 aromatic carbocycles. The van der Waals surface area contributed by atoms with Crippen molar-refractivity contribution in [1.82, 2.24) is 4.72 Å². The normalized spacial score (nSPS) is 20.6. The van der Waals surface area contributed by atoms with Crippen molar-refractivity contribution in [2.24, 2.45) is 0 Å². The number of carbonyl (C=O) groups is 1. The van der Waals surface area contributed by atoms with Crippen LogP contribution in [-0.4, -0.2) is 45.1 Å². The molecule has 0 bridgehead atoms. The number of fused-ring (bicyclic) bond motifs is 1. The van der Waals surface area contributed by atoms with Gasteiger partial charge in [0.1, 0.15) is 10.6 Å². The van der Waals surface area contributed by atoms with Gasteiger partial charge in [0.05, 0.1) is 29.1 Å². The third-order valence-corrected chi connectivity index (χ3v) is 8.41. The van der Waals surface area contributed by atoms with E-state index >= 15 is 0 Å². The van der Waals surface area contributed by atoms with Crippen LogP contribution in [0.15, 0.2) is 52.3 Å². The van der Waals surface area contributed by atoms with Crippen LogP contribution >= 0.6 is 22.5 Å². The summed E-state index contributed by atoms with van der Waals surface area (Å²) in [5, 5.41) is 8.97. The van der Waals surface area contributed by atoms with E-state index in [9.17, 15) is 13.9 Å². The number of unbranched alkanes of at least 4 members (excludes halogenated alkanes) is 1. The first-order valence-electron chi connectivity index (χ1n) is 11.2. The molecule has 0 saturated heterocycles. The first-order chi connectivity index (χ1) is 15.7. The number of hydrogen-bond acceptors (Lipinski definition) is 7. The number of benzene rings is 2. The molecule has 0 unspecified atom stereocenters. The Morgan fingerprint density at radius 3 is 2.58 bits per heavy atom. The molecular weight excluding hydrogens is 460 g/mol. The number of para-hydroxylation sites is 1. The highest BCUT2D eigenvalue weighted by atomic mass is 32.3. The number of nitrogens with zero attached hydrogens (tertiary/aromatic N) is 1. The zero-order valence-electron chi connectivity index (χ0n) is 19.4. The average molecular weight is 495 g/mol. The molecule has 3 rings (SSSR count). The van der Waals surface area contributed by atoms with Gasteiger partial charge in [-0.15, -0.1) is 22.5 Å². The van der Waals surface area contributed by atoms with Crippen LogP contribution in [-0.2, 0) is 4.79 Å². The Bertz CT molecular complexity index is 957. The number of nitrogens with one attached hydrogen (secondary N) is 1. The second kappa shape index (κ2) is 11.0. The van der Waals surface area contributed by atoms with Gasteiger partial charge in [0.2, 0.25) is 0 Å². The Kier molecular flexibility index (Phi) is 8.58. The summed E-state index contributed by atoms with van der Waals surface area (Å²) in [5.41, 5.74) is 1.20. The topological polar surface area (TPSA) is 102 Å². The third-order valence-electron chi connectivity index (χ3n) is 5.99. The highest BCUT2D eigenvalue weighted by Gasteiger charge is 2.41. The SMILES string of the molecule is CCCC[C@@]1(CC)CN(c2ccccc2)c2cc(SC)c(OCCC(=O)O)cc2S(O)(O)N1. The van der Waals surface area contributed by atoms with Gasteiger partial charge < -0.3 is 14.7 Å². The van der Waals surface area contributed by atoms with Gasteiger partial charge in [-0.2, -0.15) is 0 Å². The van der Waals surface area contributed by atoms with E-state index in [-0.39, 0.29) is 13.0 Å². The summed E-state index contributed by atoms with van der Waals surface area (Å²) in [7, 11) is -3.36. The minimum atomic E-state index is -3.36. The number of hydrogen-bond donors (Lipinski definition) is 4. The first-order valence-corrected chi connectivity index (χ1v) is 14.0. The Morgan fingerprint density at radius 1 is 1.24 bits per heavy atom. The molecule has 1 heterocycles. The largest absolute Gasteiger partial charge is 0.492 e. The molecule has 182 valence electrons. The molecule has 0 aromatic heterocycles. The summed E-state index contributed by atoms with van der Waals surface area (Å²) in [4.78, 5) is 14.3. The van der Waals surface area contributed by atoms with Crippen molar-refractivity contribution < 1.29 is 23.7 Å². The molecule has 0 amide bonds. The molecule has 7 nitrogen and oxygen atoms in total. The minimum absolute atomic E-state index is 0.00605. The van der Waals surface area contributed by atoms with Gasteiger partial charge >= 0.3 is 5.97 Å². The molecule has 9 heteroatoms. The fraction of sp³-hybridized carbons (Fsp3) is 0.458. The van der Waals surface area contributed by atoms with Crippen molar-refractivity contribution in [2.45, 2.75) is 61.3 Å². The highest BCUT2D eigenvalue weighted by molar-refractivity contribution is 8.22. The van der Waals surface area contributed by atoms with Crippen LogP contribution in [0.2, 0.25) is 0 Å². The standard InChI is InChI=1S/C24H34N2O5S2/c1-4-6-13-24(5-2)17-26(18-10-8-7-9-11-18)19-15-21(32-3)20(31-14-12-23(27)28)16-22(19)33(29,30)25-24/h7-11,15-16,25,29-30H,4-6,12-14,17H2,1-3H3,(H,27,28)/t24-/m0/s1. The van der Waals surface area contributed by atoms with Crippen LogP contribution in [0.1, 0.15) is 46.0 Å². The third kappa shape index (κ3) is 5.96. The van der Waals surface area contributed by atoms with Crippen molar-refractivity contribution in [1.29, 1.82) is 0 Å². The molecule has 4 N–H and O–H groups in total. The molecular formula is C24H34N2O5S2. The fourth-order valence-electron chi connectivity index (χ4n) is 4.11. The lowest BCUT2D eigenvalue weighted by Gasteiger charge is -2.42. The van der Waals surface area contributed by atoms with E-state index in [0.29, 0.717) is 17.2 Å². The Labute approximate surface area is 202 Å². The molecule has 33 heavy (non-hydrogen) atoms. The molecule has 2 aromatic rings. The maximum absolute atomic E-state index is 11.4. The first kappa shape index (κ1) is 25.7. The van der Waals surface area contributed by atoms with Crippen LogP contribution in [0.25, 0.3) is 0 Å². The maximum atomic E-state index is 11.4. The summed E-state index contributed by atoms with van der Waals surface area (Å²) in [6.07, 6.45) is 5.31. The van der Waals surface area contributed by atoms with Crippen LogP contribution in [0.5, 0.6) is 5.75 Å². The molecule has 0 fully saturated rings. The lowest BCUT2D eigenvalue weighted by Crippen LogP contribution is -2.51. The summed E-state index contributed by atoms with van der Waals surface area (Å²) in [5.74, 6) is -0.491. The lowest BCUT2D eigenvalue weighted by molar-refractivity contribution is -0.137. The number of rotatable bonds is 10. The van der Waals surface area contributed by atoms with Gasteiger partial charge in [-0.3, -0.25) is 13.9 Å². The maximum Gasteiger partial charge on any atom is 0.306 e. The molecule has 0 radical (unpaired) electrons. The van der Waals surface area contributed by atoms with Crippen molar-refractivity contribution in [2.75, 3.05) is 24.3 Å². The molecule has 1 atom stereocenters. The average Bonchev–Trinajstić information content (AvgIpc) is 2.90. The number of anilines is 2. The second-order valence-electron chi connectivity index (χ2n) is 8.27. The zero-order chi connectivity index (χ0) is 24.1. The van der Waals surface area contributed by atoms with E-state index in [4.69, 9.17) is 9.84 Å². The predicted octanol–water partition coefficient (Wildman–Crippen LogP) is 6.37. The Balaban J connectivity index is 2.16. The van der Waals surface area contributed by atoms with Crippen LogP contribution in [0.3, 0.4) is 0 Å². The predicted molar refractivity (Wildman–Crippen MR) is 136 cm³/mol. The van der Waals surface area contributed by atoms with Crippen LogP contribution < -0.4 is 14.4 Å². The number of thioether (sulfide) groups is 1. The number of aliphatic carboxylic acids is 1. The van der Waals surface area contributed by atoms with Gasteiger partial charge in [0, 0.05) is 18.3 Å². The van der Waals surface area contributed by atoms with Gasteiger partial charge in [0.15, 0.2) is 0 Å². The van der Waals surface area contributed by atoms with Gasteiger partial charge in [-0.05, 0) is 37.3 Å². The second-order valence-corrected chi connectivity index (χ2v) is 10.9. The zero-order valence-corrected chi connectivity index (χ0v) is 21.0. The van der Waals surface area contributed by atoms with Crippen LogP contribution in [0, 0.1) is 0 Å². The van der Waals surface area contributed by atoms with E-state index in [1.807, 2.05) is 42.7 Å². The van der Waals surface area contributed by atoms with E-state index in [2.05, 4.69) is 23.5 Å². The van der Waals surface area contributed by atoms with Crippen molar-refractivity contribution in [3.05, 3.63) is 42.5 Å². The van der Waals surface area contributed by atoms with E-state index in [1.165, 1.54) is 11.8 Å². The van der Waals surface area contributed by atoms with Gasteiger partial charge in [-0.1, -0.05) is 44.9 Å². The minimum Gasteiger partial charge on any atom is -0.492 e. The monoisotopic (exact) mass is 494 g/mol. The van der Waals surface area contributed by atoms with Crippen molar-refractivity contribution >= 4 is 39.9 Å². The number of carboxylic acids is 1. The molecule has 1 aliphatic heterocycles. The Hall–Kier alpha value is -1.91. The molecule has 0 aliphatic carbocycles. The summed E-state index contributed by atoms with van der Waals surface area (Å²) < 4.78 is 31.8. The van der Waals surface area contributed by atoms with Gasteiger partial charge in [-0.25, -0.2) is 4.72 Å². The molecule has 0 saturated carbocycles. The van der Waals surface area contributed by atoms with Crippen molar-refractivity contribution in [3.8, 4) is 5.75 Å². The summed E-state index contributed by atoms with van der Waals surface area (Å²) >= 11 is 1.48. The van der Waals surface area contributed by atoms with Crippen molar-refractivity contribution in [3.63, 3.8) is 0 Å². The molecule has 0 spiro atoms. The number of ether oxygens (including phenoxy) is 1. The summed E-state index contributed by atoms with van der Waals surface area (Å²) in [6, 6.07) is 13.5. The number of carboxylic acid groups (broad SMARTS) is 1. The van der Waals surface area contributed by atoms with Gasteiger partial charge in [0.25, 0.3) is 0 Å². The lowest BCUT2D eigenvalue weighted by atomic mass is 9.89. The highest BCUT2D eigenvalue weighted by Crippen LogP contribution is 2.57. The van der Waals surface area contributed by atoms with Crippen LogP contribution in [0.4, 0.5) is 11.4 Å².